The van der Waals surface area contributed by atoms with E-state index >= 15 is 0 Å². The Bertz CT molecular complexity index is 585. The lowest BCUT2D eigenvalue weighted by Crippen LogP contribution is -2.55. The highest BCUT2D eigenvalue weighted by molar-refractivity contribution is 8.00. The SMILES string of the molecule is CCN[C@H](C)CNC(=O)C1CSC(Cc2ccccc2F)C(=O)N1. The Hall–Kier alpha value is -1.60. The number of amides is 2. The maximum atomic E-state index is 13.7. The van der Waals surface area contributed by atoms with Crippen LogP contribution in [0.2, 0.25) is 0 Å². The molecule has 0 bridgehead atoms. The molecule has 0 radical (unpaired) electrons. The normalized spacial score (nSPS) is 21.9. The van der Waals surface area contributed by atoms with Crippen molar-refractivity contribution in [2.45, 2.75) is 37.6 Å². The molecule has 1 aromatic rings. The van der Waals surface area contributed by atoms with Crippen molar-refractivity contribution < 1.29 is 14.0 Å². The van der Waals surface area contributed by atoms with Crippen LogP contribution in [0.25, 0.3) is 0 Å². The maximum absolute atomic E-state index is 13.7. The molecular weight excluding hydrogens is 329 g/mol. The molecule has 1 aromatic carbocycles. The molecule has 0 saturated carbocycles. The van der Waals surface area contributed by atoms with Crippen LogP contribution in [-0.4, -0.2) is 48.0 Å². The van der Waals surface area contributed by atoms with Gasteiger partial charge < -0.3 is 16.0 Å². The molecule has 1 aliphatic heterocycles. The zero-order valence-corrected chi connectivity index (χ0v) is 14.8. The molecule has 3 N–H and O–H groups in total. The van der Waals surface area contributed by atoms with Gasteiger partial charge >= 0.3 is 0 Å². The molecule has 24 heavy (non-hydrogen) atoms. The number of hydrogen-bond acceptors (Lipinski definition) is 4. The minimum Gasteiger partial charge on any atom is -0.353 e. The Morgan fingerprint density at radius 1 is 1.46 bits per heavy atom. The van der Waals surface area contributed by atoms with Gasteiger partial charge in [0.25, 0.3) is 0 Å². The Balaban J connectivity index is 1.83. The summed E-state index contributed by atoms with van der Waals surface area (Å²) in [7, 11) is 0. The quantitative estimate of drug-likeness (QED) is 0.686. The van der Waals surface area contributed by atoms with Gasteiger partial charge in [0, 0.05) is 18.3 Å². The highest BCUT2D eigenvalue weighted by atomic mass is 32.2. The largest absolute Gasteiger partial charge is 0.353 e. The second-order valence-electron chi connectivity index (χ2n) is 5.88. The third-order valence-electron chi connectivity index (χ3n) is 3.89. The molecule has 1 heterocycles. The topological polar surface area (TPSA) is 70.2 Å². The fourth-order valence-electron chi connectivity index (χ4n) is 2.55. The van der Waals surface area contributed by atoms with Gasteiger partial charge in [0.1, 0.15) is 11.9 Å². The molecule has 3 atom stereocenters. The number of thioether (sulfide) groups is 1. The van der Waals surface area contributed by atoms with E-state index in [1.165, 1.54) is 17.8 Å². The monoisotopic (exact) mass is 353 g/mol. The van der Waals surface area contributed by atoms with Gasteiger partial charge in [-0.1, -0.05) is 25.1 Å². The van der Waals surface area contributed by atoms with Crippen LogP contribution < -0.4 is 16.0 Å². The summed E-state index contributed by atoms with van der Waals surface area (Å²) in [6.45, 7) is 5.35. The van der Waals surface area contributed by atoms with Crippen LogP contribution in [0, 0.1) is 5.82 Å². The van der Waals surface area contributed by atoms with Crippen molar-refractivity contribution in [1.29, 1.82) is 0 Å². The molecular formula is C17H24FN3O2S. The summed E-state index contributed by atoms with van der Waals surface area (Å²) in [5, 5.41) is 8.43. The zero-order valence-electron chi connectivity index (χ0n) is 14.0. The number of carbonyl (C=O) groups excluding carboxylic acids is 2. The average molecular weight is 353 g/mol. The summed E-state index contributed by atoms with van der Waals surface area (Å²) in [5.41, 5.74) is 0.521. The van der Waals surface area contributed by atoms with Crippen molar-refractivity contribution in [3.05, 3.63) is 35.6 Å². The maximum Gasteiger partial charge on any atom is 0.243 e. The molecule has 1 saturated heterocycles. The van der Waals surface area contributed by atoms with Crippen molar-refractivity contribution >= 4 is 23.6 Å². The molecule has 0 aliphatic carbocycles. The lowest BCUT2D eigenvalue weighted by molar-refractivity contribution is -0.128. The Kier molecular flexibility index (Phi) is 7.05. The first-order valence-corrected chi connectivity index (χ1v) is 9.22. The average Bonchev–Trinajstić information content (AvgIpc) is 2.56. The first kappa shape index (κ1) is 18.7. The number of likely N-dealkylation sites (N-methyl/N-ethyl adjacent to an activating group) is 1. The van der Waals surface area contributed by atoms with E-state index in [9.17, 15) is 14.0 Å². The van der Waals surface area contributed by atoms with Gasteiger partial charge in [-0.25, -0.2) is 4.39 Å². The van der Waals surface area contributed by atoms with Crippen molar-refractivity contribution in [1.82, 2.24) is 16.0 Å². The molecule has 2 amide bonds. The Morgan fingerprint density at radius 3 is 2.88 bits per heavy atom. The van der Waals surface area contributed by atoms with Crippen LogP contribution in [0.5, 0.6) is 0 Å². The van der Waals surface area contributed by atoms with Crippen LogP contribution in [0.15, 0.2) is 24.3 Å². The van der Waals surface area contributed by atoms with E-state index in [-0.39, 0.29) is 28.9 Å². The predicted molar refractivity (Wildman–Crippen MR) is 94.4 cm³/mol. The van der Waals surface area contributed by atoms with E-state index < -0.39 is 6.04 Å². The highest BCUT2D eigenvalue weighted by Crippen LogP contribution is 2.23. The highest BCUT2D eigenvalue weighted by Gasteiger charge is 2.32. The van der Waals surface area contributed by atoms with Crippen LogP contribution >= 0.6 is 11.8 Å². The number of hydrogen-bond donors (Lipinski definition) is 3. The molecule has 0 aromatic heterocycles. The minimum absolute atomic E-state index is 0.176. The fourth-order valence-corrected chi connectivity index (χ4v) is 3.72. The summed E-state index contributed by atoms with van der Waals surface area (Å²) < 4.78 is 13.7. The smallest absolute Gasteiger partial charge is 0.243 e. The van der Waals surface area contributed by atoms with Crippen LogP contribution in [0.3, 0.4) is 0 Å². The third kappa shape index (κ3) is 5.21. The van der Waals surface area contributed by atoms with Crippen molar-refractivity contribution in [2.75, 3.05) is 18.8 Å². The molecule has 2 rings (SSSR count). The van der Waals surface area contributed by atoms with Crippen LogP contribution in [-0.2, 0) is 16.0 Å². The summed E-state index contributed by atoms with van der Waals surface area (Å²) >= 11 is 1.40. The van der Waals surface area contributed by atoms with Crippen molar-refractivity contribution in [3.8, 4) is 0 Å². The number of benzene rings is 1. The molecule has 1 fully saturated rings. The molecule has 1 aliphatic rings. The predicted octanol–water partition coefficient (Wildman–Crippen LogP) is 1.08. The van der Waals surface area contributed by atoms with Crippen molar-refractivity contribution in [3.63, 3.8) is 0 Å². The van der Waals surface area contributed by atoms with Crippen LogP contribution in [0.1, 0.15) is 19.4 Å². The van der Waals surface area contributed by atoms with E-state index in [4.69, 9.17) is 0 Å². The summed E-state index contributed by atoms with van der Waals surface area (Å²) in [5.74, 6) is -0.200. The van der Waals surface area contributed by atoms with Gasteiger partial charge in [-0.05, 0) is 31.5 Å². The minimum atomic E-state index is -0.534. The van der Waals surface area contributed by atoms with Gasteiger partial charge in [0.15, 0.2) is 0 Å². The standard InChI is InChI=1S/C17H24FN3O2S/c1-3-19-11(2)9-20-16(22)14-10-24-15(17(23)21-14)8-12-6-4-5-7-13(12)18/h4-7,11,14-15,19H,3,8-10H2,1-2H3,(H,20,22)(H,21,23)/t11-,14?,15?/m1/s1. The molecule has 5 nitrogen and oxygen atoms in total. The summed E-state index contributed by atoms with van der Waals surface area (Å²) in [6, 6.07) is 6.10. The van der Waals surface area contributed by atoms with Gasteiger partial charge in [-0.3, -0.25) is 9.59 Å². The Labute approximate surface area is 146 Å². The molecule has 2 unspecified atom stereocenters. The van der Waals surface area contributed by atoms with E-state index in [1.807, 2.05) is 13.8 Å². The van der Waals surface area contributed by atoms with Gasteiger partial charge in [-0.2, -0.15) is 0 Å². The van der Waals surface area contributed by atoms with Gasteiger partial charge in [0.2, 0.25) is 11.8 Å². The van der Waals surface area contributed by atoms with Crippen molar-refractivity contribution in [2.24, 2.45) is 0 Å². The molecule has 132 valence electrons. The summed E-state index contributed by atoms with van der Waals surface area (Å²) in [6.07, 6.45) is 0.328. The number of rotatable bonds is 7. The first-order chi connectivity index (χ1) is 11.5. The Morgan fingerprint density at radius 2 is 2.21 bits per heavy atom. The molecule has 7 heteroatoms. The van der Waals surface area contributed by atoms with E-state index in [0.717, 1.165) is 6.54 Å². The zero-order chi connectivity index (χ0) is 17.5. The van der Waals surface area contributed by atoms with E-state index in [0.29, 0.717) is 24.3 Å². The number of nitrogens with one attached hydrogen (secondary N) is 3. The lowest BCUT2D eigenvalue weighted by atomic mass is 10.1. The van der Waals surface area contributed by atoms with E-state index in [2.05, 4.69) is 16.0 Å². The lowest BCUT2D eigenvalue weighted by Gasteiger charge is -2.28. The number of halogens is 1. The van der Waals surface area contributed by atoms with E-state index in [1.54, 1.807) is 18.2 Å². The first-order valence-electron chi connectivity index (χ1n) is 8.17. The van der Waals surface area contributed by atoms with Crippen LogP contribution in [0.4, 0.5) is 4.39 Å². The third-order valence-corrected chi connectivity index (χ3v) is 5.20. The second kappa shape index (κ2) is 9.03. The van der Waals surface area contributed by atoms with Gasteiger partial charge in [0.05, 0.1) is 5.25 Å². The summed E-state index contributed by atoms with van der Waals surface area (Å²) in [4.78, 5) is 24.4. The fraction of sp³-hybridized carbons (Fsp3) is 0.529. The second-order valence-corrected chi connectivity index (χ2v) is 7.12. The van der Waals surface area contributed by atoms with Gasteiger partial charge in [-0.15, -0.1) is 11.8 Å². The molecule has 0 spiro atoms. The number of carbonyl (C=O) groups is 2.